The predicted octanol–water partition coefficient (Wildman–Crippen LogP) is 2.55. The normalized spacial score (nSPS) is 12.0. The number of hydrogen-bond acceptors (Lipinski definition) is 9. The Balaban J connectivity index is 1.67. The van der Waals surface area contributed by atoms with Crippen molar-refractivity contribution in [3.8, 4) is 5.75 Å². The molecule has 3 heterocycles. The number of thiazole rings is 1. The van der Waals surface area contributed by atoms with Gasteiger partial charge in [0, 0.05) is 12.6 Å². The molecule has 15 heteroatoms. The molecule has 35 heavy (non-hydrogen) atoms. The summed E-state index contributed by atoms with van der Waals surface area (Å²) in [5, 5.41) is 17.1. The summed E-state index contributed by atoms with van der Waals surface area (Å²) in [6.07, 6.45) is -1.97. The zero-order valence-corrected chi connectivity index (χ0v) is 19.0. The Morgan fingerprint density at radius 1 is 1.03 bits per heavy atom. The number of nitrogens with one attached hydrogen (secondary N) is 3. The summed E-state index contributed by atoms with van der Waals surface area (Å²) in [6.45, 7) is 3.72. The lowest BCUT2D eigenvalue weighted by atomic mass is 10.2. The number of aromatic hydroxyl groups is 1. The van der Waals surface area contributed by atoms with E-state index in [-0.39, 0.29) is 16.3 Å². The van der Waals surface area contributed by atoms with Crippen LogP contribution in [0.2, 0.25) is 0 Å². The van der Waals surface area contributed by atoms with Crippen molar-refractivity contribution in [2.24, 2.45) is 0 Å². The molecule has 0 saturated heterocycles. The SMILES string of the molecule is CCNC(=O)c1cc(C(=O)NC(C)c2ncc(C(=O)Nc3cc(C(F)(F)F)c(O)cn3)s2)ncn1. The van der Waals surface area contributed by atoms with E-state index in [9.17, 15) is 32.7 Å². The zero-order valence-electron chi connectivity index (χ0n) is 18.2. The lowest BCUT2D eigenvalue weighted by Crippen LogP contribution is -2.29. The number of alkyl halides is 3. The van der Waals surface area contributed by atoms with Crippen LogP contribution in [-0.4, -0.2) is 49.3 Å². The quantitative estimate of drug-likeness (QED) is 0.378. The number of amides is 3. The van der Waals surface area contributed by atoms with Crippen LogP contribution in [0.3, 0.4) is 0 Å². The Labute approximate surface area is 199 Å². The second-order valence-corrected chi connectivity index (χ2v) is 8.01. The third-order valence-corrected chi connectivity index (χ3v) is 5.54. The maximum atomic E-state index is 12.9. The van der Waals surface area contributed by atoms with Gasteiger partial charge in [-0.1, -0.05) is 0 Å². The van der Waals surface area contributed by atoms with Gasteiger partial charge in [-0.2, -0.15) is 13.2 Å². The van der Waals surface area contributed by atoms with Gasteiger partial charge in [0.25, 0.3) is 17.7 Å². The van der Waals surface area contributed by atoms with Crippen molar-refractivity contribution in [2.75, 3.05) is 11.9 Å². The third-order valence-electron chi connectivity index (χ3n) is 4.37. The van der Waals surface area contributed by atoms with Crippen molar-refractivity contribution in [2.45, 2.75) is 26.1 Å². The first-order chi connectivity index (χ1) is 16.5. The van der Waals surface area contributed by atoms with Gasteiger partial charge in [0.1, 0.15) is 44.7 Å². The molecule has 184 valence electrons. The van der Waals surface area contributed by atoms with E-state index in [1.165, 1.54) is 12.3 Å². The van der Waals surface area contributed by atoms with E-state index in [1.807, 2.05) is 0 Å². The van der Waals surface area contributed by atoms with E-state index in [1.54, 1.807) is 13.8 Å². The average Bonchev–Trinajstić information content (AvgIpc) is 3.30. The summed E-state index contributed by atoms with van der Waals surface area (Å²) in [7, 11) is 0. The minimum atomic E-state index is -4.83. The molecule has 0 aliphatic rings. The van der Waals surface area contributed by atoms with E-state index in [0.29, 0.717) is 23.8 Å². The van der Waals surface area contributed by atoms with Crippen LogP contribution in [0.1, 0.15) is 61.1 Å². The molecule has 1 unspecified atom stereocenters. The molecule has 3 aromatic rings. The number of hydrogen-bond donors (Lipinski definition) is 4. The molecule has 0 saturated carbocycles. The molecular formula is C20H18F3N7O4S. The summed E-state index contributed by atoms with van der Waals surface area (Å²) in [4.78, 5) is 52.2. The van der Waals surface area contributed by atoms with Gasteiger partial charge in [-0.15, -0.1) is 11.3 Å². The number of nitrogens with zero attached hydrogens (tertiary/aromatic N) is 4. The lowest BCUT2D eigenvalue weighted by molar-refractivity contribution is -0.138. The minimum absolute atomic E-state index is 0.0179. The molecule has 11 nitrogen and oxygen atoms in total. The van der Waals surface area contributed by atoms with Gasteiger partial charge >= 0.3 is 6.18 Å². The number of carbonyl (C=O) groups excluding carboxylic acids is 3. The van der Waals surface area contributed by atoms with Crippen LogP contribution >= 0.6 is 11.3 Å². The number of carbonyl (C=O) groups is 3. The first-order valence-corrected chi connectivity index (χ1v) is 10.8. The molecule has 4 N–H and O–H groups in total. The van der Waals surface area contributed by atoms with Crippen molar-refractivity contribution in [1.29, 1.82) is 0 Å². The van der Waals surface area contributed by atoms with E-state index in [0.717, 1.165) is 17.7 Å². The smallest absolute Gasteiger partial charge is 0.420 e. The maximum absolute atomic E-state index is 12.9. The van der Waals surface area contributed by atoms with E-state index < -0.39 is 47.1 Å². The van der Waals surface area contributed by atoms with Gasteiger partial charge in [-0.3, -0.25) is 14.4 Å². The van der Waals surface area contributed by atoms with Gasteiger partial charge < -0.3 is 21.1 Å². The van der Waals surface area contributed by atoms with Crippen LogP contribution in [0.4, 0.5) is 19.0 Å². The highest BCUT2D eigenvalue weighted by molar-refractivity contribution is 7.13. The van der Waals surface area contributed by atoms with Crippen molar-refractivity contribution >= 4 is 34.9 Å². The van der Waals surface area contributed by atoms with Crippen LogP contribution in [-0.2, 0) is 6.18 Å². The molecule has 1 atom stereocenters. The van der Waals surface area contributed by atoms with Crippen molar-refractivity contribution in [3.05, 3.63) is 57.7 Å². The first-order valence-electron chi connectivity index (χ1n) is 9.94. The molecule has 3 amide bonds. The number of aromatic nitrogens is 4. The summed E-state index contributed by atoms with van der Waals surface area (Å²) in [6, 6.07) is 1.07. The molecule has 0 bridgehead atoms. The highest BCUT2D eigenvalue weighted by atomic mass is 32.1. The van der Waals surface area contributed by atoms with Crippen molar-refractivity contribution < 1.29 is 32.7 Å². The Morgan fingerprint density at radius 3 is 2.37 bits per heavy atom. The van der Waals surface area contributed by atoms with Crippen LogP contribution in [0.15, 0.2) is 30.9 Å². The number of halogens is 3. The van der Waals surface area contributed by atoms with E-state index in [2.05, 4.69) is 35.9 Å². The van der Waals surface area contributed by atoms with Crippen molar-refractivity contribution in [1.82, 2.24) is 30.6 Å². The molecule has 0 fully saturated rings. The topological polar surface area (TPSA) is 159 Å². The van der Waals surface area contributed by atoms with E-state index in [4.69, 9.17) is 0 Å². The molecule has 0 radical (unpaired) electrons. The Morgan fingerprint density at radius 2 is 1.71 bits per heavy atom. The second kappa shape index (κ2) is 10.4. The van der Waals surface area contributed by atoms with E-state index >= 15 is 0 Å². The number of pyridine rings is 1. The van der Waals surface area contributed by atoms with Gasteiger partial charge in [-0.25, -0.2) is 19.9 Å². The average molecular weight is 509 g/mol. The fraction of sp³-hybridized carbons (Fsp3) is 0.250. The predicted molar refractivity (Wildman–Crippen MR) is 117 cm³/mol. The summed E-state index contributed by atoms with van der Waals surface area (Å²) < 4.78 is 38.8. The first kappa shape index (κ1) is 25.5. The number of rotatable bonds is 7. The molecule has 0 aliphatic carbocycles. The molecule has 3 rings (SSSR count). The summed E-state index contributed by atoms with van der Waals surface area (Å²) >= 11 is 0.899. The van der Waals surface area contributed by atoms with Gasteiger partial charge in [0.15, 0.2) is 0 Å². The monoisotopic (exact) mass is 509 g/mol. The molecular weight excluding hydrogens is 491 g/mol. The fourth-order valence-corrected chi connectivity index (χ4v) is 3.52. The zero-order chi connectivity index (χ0) is 25.8. The van der Waals surface area contributed by atoms with Crippen LogP contribution in [0.25, 0.3) is 0 Å². The largest absolute Gasteiger partial charge is 0.506 e. The summed E-state index contributed by atoms with van der Waals surface area (Å²) in [5.41, 5.74) is -1.38. The Hall–Kier alpha value is -4.14. The lowest BCUT2D eigenvalue weighted by Gasteiger charge is -2.11. The van der Waals surface area contributed by atoms with Crippen LogP contribution in [0, 0.1) is 0 Å². The molecule has 0 aliphatic heterocycles. The van der Waals surface area contributed by atoms with Gasteiger partial charge in [0.2, 0.25) is 0 Å². The Kier molecular flexibility index (Phi) is 7.58. The molecule has 3 aromatic heterocycles. The standard InChI is InChI=1S/C20H18F3N7O4S/c1-3-24-16(32)11-5-12(28-8-27-11)17(33)29-9(2)19-26-7-14(35-19)18(34)30-15-4-10(20(21,22)23)13(31)6-25-15/h4-9,31H,3H2,1-2H3,(H,24,32)(H,29,33)(H,25,30,34). The summed E-state index contributed by atoms with van der Waals surface area (Å²) in [5.74, 6) is -3.33. The highest BCUT2D eigenvalue weighted by Crippen LogP contribution is 2.36. The maximum Gasteiger partial charge on any atom is 0.420 e. The molecule has 0 aromatic carbocycles. The fourth-order valence-electron chi connectivity index (χ4n) is 2.70. The van der Waals surface area contributed by atoms with Gasteiger partial charge in [-0.05, 0) is 19.9 Å². The second-order valence-electron chi connectivity index (χ2n) is 6.94. The third kappa shape index (κ3) is 6.26. The van der Waals surface area contributed by atoms with Crippen LogP contribution in [0.5, 0.6) is 5.75 Å². The van der Waals surface area contributed by atoms with Crippen LogP contribution < -0.4 is 16.0 Å². The minimum Gasteiger partial charge on any atom is -0.506 e. The molecule has 0 spiro atoms. The van der Waals surface area contributed by atoms with Crippen molar-refractivity contribution in [3.63, 3.8) is 0 Å². The van der Waals surface area contributed by atoms with Gasteiger partial charge in [0.05, 0.1) is 18.4 Å². The number of anilines is 1. The Bertz CT molecular complexity index is 1270. The highest BCUT2D eigenvalue weighted by Gasteiger charge is 2.34.